The van der Waals surface area contributed by atoms with Crippen LogP contribution in [0.3, 0.4) is 0 Å². The van der Waals surface area contributed by atoms with Gasteiger partial charge in [-0.2, -0.15) is 0 Å². The van der Waals surface area contributed by atoms with Gasteiger partial charge in [0.2, 0.25) is 0 Å². The Morgan fingerprint density at radius 1 is 0.391 bits per heavy atom. The Balaban J connectivity index is 1.30. The van der Waals surface area contributed by atoms with Gasteiger partial charge in [-0.05, 0) is 59.3 Å². The third kappa shape index (κ3) is 3.49. The van der Waals surface area contributed by atoms with E-state index >= 15 is 0 Å². The van der Waals surface area contributed by atoms with Crippen LogP contribution in [0, 0.1) is 0 Å². The topological polar surface area (TPSA) is 35.6 Å². The number of fused-ring (bicyclic) bond motifs is 8. The van der Waals surface area contributed by atoms with Gasteiger partial charge in [0, 0.05) is 50.8 Å². The van der Waals surface area contributed by atoms with Gasteiger partial charge in [-0.1, -0.05) is 97.1 Å². The number of aromatic nitrogens is 4. The summed E-state index contributed by atoms with van der Waals surface area (Å²) in [4.78, 5) is 10.0. The standard InChI is InChI=1S/C42H26N4/c1-2-13-29(14-3-1)45-36-19-8-6-15-30(36)33-17-10-18-34(42(33)45)32-21-22-38(41-40(32)43-23-24-44-41)46-37-20-9-7-16-31(37)35-25-27-11-4-5-12-28(27)26-39(35)46/h1-26H. The average molecular weight is 587 g/mol. The highest BCUT2D eigenvalue weighted by Gasteiger charge is 2.21. The maximum absolute atomic E-state index is 5.02. The van der Waals surface area contributed by atoms with Crippen molar-refractivity contribution >= 4 is 65.4 Å². The van der Waals surface area contributed by atoms with Crippen LogP contribution in [0.1, 0.15) is 0 Å². The van der Waals surface area contributed by atoms with Crippen molar-refractivity contribution < 1.29 is 0 Å². The van der Waals surface area contributed by atoms with Crippen molar-refractivity contribution in [2.45, 2.75) is 0 Å². The Bertz CT molecular complexity index is 2810. The van der Waals surface area contributed by atoms with E-state index in [1.165, 1.54) is 37.8 Å². The van der Waals surface area contributed by atoms with Crippen LogP contribution in [0.5, 0.6) is 0 Å². The SMILES string of the molecule is c1ccc(-n2c3ccccc3c3cccc(-c4ccc(-n5c6ccccc6c6cc7ccccc7cc65)c5nccnc45)c32)cc1. The first-order valence-electron chi connectivity index (χ1n) is 15.6. The van der Waals surface area contributed by atoms with Gasteiger partial charge in [0.15, 0.2) is 0 Å². The van der Waals surface area contributed by atoms with Crippen LogP contribution >= 0.6 is 0 Å². The van der Waals surface area contributed by atoms with E-state index in [0.29, 0.717) is 0 Å². The molecule has 0 saturated carbocycles. The number of benzene rings is 7. The van der Waals surface area contributed by atoms with E-state index in [1.807, 2.05) is 6.20 Å². The molecule has 46 heavy (non-hydrogen) atoms. The van der Waals surface area contributed by atoms with E-state index < -0.39 is 0 Å². The Kier molecular flexibility index (Phi) is 5.25. The van der Waals surface area contributed by atoms with Gasteiger partial charge in [0.25, 0.3) is 0 Å². The molecule has 0 atom stereocenters. The van der Waals surface area contributed by atoms with Gasteiger partial charge in [0.1, 0.15) is 5.52 Å². The lowest BCUT2D eigenvalue weighted by Gasteiger charge is -2.15. The predicted molar refractivity (Wildman–Crippen MR) is 191 cm³/mol. The second-order valence-electron chi connectivity index (χ2n) is 11.8. The van der Waals surface area contributed by atoms with Crippen molar-refractivity contribution in [2.24, 2.45) is 0 Å². The van der Waals surface area contributed by atoms with E-state index in [-0.39, 0.29) is 0 Å². The Hall–Kier alpha value is -6.26. The molecule has 10 aromatic rings. The number of nitrogens with zero attached hydrogens (tertiary/aromatic N) is 4. The van der Waals surface area contributed by atoms with Crippen LogP contribution < -0.4 is 0 Å². The van der Waals surface area contributed by atoms with Crippen LogP contribution in [0.2, 0.25) is 0 Å². The number of hydrogen-bond acceptors (Lipinski definition) is 2. The fourth-order valence-electron chi connectivity index (χ4n) is 7.44. The summed E-state index contributed by atoms with van der Waals surface area (Å²) in [5, 5.41) is 7.35. The van der Waals surface area contributed by atoms with Crippen molar-refractivity contribution in [2.75, 3.05) is 0 Å². The van der Waals surface area contributed by atoms with Crippen molar-refractivity contribution in [1.82, 2.24) is 19.1 Å². The molecule has 3 aromatic heterocycles. The van der Waals surface area contributed by atoms with E-state index in [1.54, 1.807) is 6.20 Å². The highest BCUT2D eigenvalue weighted by atomic mass is 15.0. The first-order chi connectivity index (χ1) is 22.8. The lowest BCUT2D eigenvalue weighted by molar-refractivity contribution is 1.17. The molecule has 4 heteroatoms. The zero-order valence-corrected chi connectivity index (χ0v) is 24.8. The summed E-state index contributed by atoms with van der Waals surface area (Å²) in [5.41, 5.74) is 10.7. The fraction of sp³-hybridized carbons (Fsp3) is 0. The predicted octanol–water partition coefficient (Wildman–Crippen LogP) is 10.6. The van der Waals surface area contributed by atoms with Crippen LogP contribution in [-0.2, 0) is 0 Å². The highest BCUT2D eigenvalue weighted by Crippen LogP contribution is 2.42. The van der Waals surface area contributed by atoms with Crippen LogP contribution in [0.25, 0.3) is 87.9 Å². The molecule has 10 rings (SSSR count). The van der Waals surface area contributed by atoms with Crippen molar-refractivity contribution in [1.29, 1.82) is 0 Å². The molecule has 7 aromatic carbocycles. The molecule has 0 fully saturated rings. The maximum atomic E-state index is 5.02. The zero-order chi connectivity index (χ0) is 30.2. The maximum Gasteiger partial charge on any atom is 0.113 e. The molecule has 0 bridgehead atoms. The van der Waals surface area contributed by atoms with E-state index in [9.17, 15) is 0 Å². The molecular formula is C42H26N4. The summed E-state index contributed by atoms with van der Waals surface area (Å²) < 4.78 is 4.74. The Labute approximate surface area is 264 Å². The minimum absolute atomic E-state index is 0.871. The Morgan fingerprint density at radius 3 is 1.83 bits per heavy atom. The summed E-state index contributed by atoms with van der Waals surface area (Å²) in [7, 11) is 0. The molecule has 0 radical (unpaired) electrons. The Morgan fingerprint density at radius 2 is 1.02 bits per heavy atom. The molecule has 3 heterocycles. The number of hydrogen-bond donors (Lipinski definition) is 0. The lowest BCUT2D eigenvalue weighted by atomic mass is 9.99. The summed E-state index contributed by atoms with van der Waals surface area (Å²) in [6.45, 7) is 0. The monoisotopic (exact) mass is 586 g/mol. The summed E-state index contributed by atoms with van der Waals surface area (Å²) >= 11 is 0. The summed E-state index contributed by atoms with van der Waals surface area (Å²) in [6, 6.07) is 52.2. The van der Waals surface area contributed by atoms with Crippen molar-refractivity contribution in [3.63, 3.8) is 0 Å². The first kappa shape index (κ1) is 25.1. The van der Waals surface area contributed by atoms with Gasteiger partial charge in [-0.25, -0.2) is 0 Å². The first-order valence-corrected chi connectivity index (χ1v) is 15.6. The lowest BCUT2D eigenvalue weighted by Crippen LogP contribution is -2.00. The molecule has 214 valence electrons. The van der Waals surface area contributed by atoms with Crippen molar-refractivity contribution in [3.8, 4) is 22.5 Å². The van der Waals surface area contributed by atoms with Gasteiger partial charge < -0.3 is 9.13 Å². The van der Waals surface area contributed by atoms with Gasteiger partial charge in [-0.15, -0.1) is 0 Å². The zero-order valence-electron chi connectivity index (χ0n) is 24.8. The van der Waals surface area contributed by atoms with Crippen molar-refractivity contribution in [3.05, 3.63) is 158 Å². The van der Waals surface area contributed by atoms with E-state index in [2.05, 4.69) is 155 Å². The minimum atomic E-state index is 0.871. The summed E-state index contributed by atoms with van der Waals surface area (Å²) in [5.74, 6) is 0. The van der Waals surface area contributed by atoms with Crippen LogP contribution in [0.15, 0.2) is 158 Å². The number of para-hydroxylation sites is 4. The molecule has 0 aliphatic rings. The molecule has 0 unspecified atom stereocenters. The molecule has 0 aliphatic heterocycles. The smallest absolute Gasteiger partial charge is 0.113 e. The normalized spacial score (nSPS) is 11.9. The quantitative estimate of drug-likeness (QED) is 0.206. The van der Waals surface area contributed by atoms with Crippen LogP contribution in [-0.4, -0.2) is 19.1 Å². The highest BCUT2D eigenvalue weighted by molar-refractivity contribution is 6.17. The fourth-order valence-corrected chi connectivity index (χ4v) is 7.44. The second-order valence-corrected chi connectivity index (χ2v) is 11.8. The third-order valence-electron chi connectivity index (χ3n) is 9.38. The molecule has 0 saturated heterocycles. The molecule has 0 spiro atoms. The van der Waals surface area contributed by atoms with Crippen LogP contribution in [0.4, 0.5) is 0 Å². The number of rotatable bonds is 3. The van der Waals surface area contributed by atoms with Gasteiger partial charge >= 0.3 is 0 Å². The van der Waals surface area contributed by atoms with Gasteiger partial charge in [-0.3, -0.25) is 9.97 Å². The average Bonchev–Trinajstić information content (AvgIpc) is 3.63. The van der Waals surface area contributed by atoms with E-state index in [4.69, 9.17) is 9.97 Å². The summed E-state index contributed by atoms with van der Waals surface area (Å²) in [6.07, 6.45) is 3.61. The molecule has 4 nitrogen and oxygen atoms in total. The van der Waals surface area contributed by atoms with E-state index in [0.717, 1.165) is 50.1 Å². The minimum Gasteiger partial charge on any atom is -0.309 e. The molecule has 0 aliphatic carbocycles. The molecule has 0 N–H and O–H groups in total. The van der Waals surface area contributed by atoms with Gasteiger partial charge in [0.05, 0.1) is 33.3 Å². The second kappa shape index (κ2) is 9.62. The molecular weight excluding hydrogens is 560 g/mol. The third-order valence-corrected chi connectivity index (χ3v) is 9.38. The largest absolute Gasteiger partial charge is 0.309 e. The molecule has 0 amide bonds.